The summed E-state index contributed by atoms with van der Waals surface area (Å²) >= 11 is 0. The Kier molecular flexibility index (Phi) is 15.2. The summed E-state index contributed by atoms with van der Waals surface area (Å²) < 4.78 is 30.5. The summed E-state index contributed by atoms with van der Waals surface area (Å²) in [6.07, 6.45) is 0.775. The number of methoxy groups -OCH3 is 1. The first-order valence-electron chi connectivity index (χ1n) is 14.3. The molecule has 4 atom stereocenters. The van der Waals surface area contributed by atoms with Crippen molar-refractivity contribution in [3.8, 4) is 16.9 Å². The van der Waals surface area contributed by atoms with Gasteiger partial charge in [0, 0.05) is 43.1 Å². The van der Waals surface area contributed by atoms with E-state index in [2.05, 4.69) is 29.2 Å². The highest BCUT2D eigenvalue weighted by atomic mass is 19.1. The fourth-order valence-corrected chi connectivity index (χ4v) is 4.26. The third kappa shape index (κ3) is 11.7. The third-order valence-electron chi connectivity index (χ3n) is 7.11. The number of carbonyl (C=O) groups excluding carboxylic acids is 1. The van der Waals surface area contributed by atoms with Gasteiger partial charge in [0.25, 0.3) is 0 Å². The fraction of sp³-hybridized carbons (Fsp3) is 0.581. The predicted octanol–water partition coefficient (Wildman–Crippen LogP) is 6.29. The maximum atomic E-state index is 13.5. The van der Waals surface area contributed by atoms with Crippen LogP contribution in [0.15, 0.2) is 47.6 Å². The van der Waals surface area contributed by atoms with Crippen molar-refractivity contribution in [2.75, 3.05) is 33.5 Å². The summed E-state index contributed by atoms with van der Waals surface area (Å²) in [5.74, 6) is 0.132. The van der Waals surface area contributed by atoms with E-state index in [0.29, 0.717) is 37.8 Å². The summed E-state index contributed by atoms with van der Waals surface area (Å²) in [6.45, 7) is 9.76. The predicted molar refractivity (Wildman–Crippen MR) is 158 cm³/mol. The quantitative estimate of drug-likeness (QED) is 0.0886. The molecule has 2 aromatic carbocycles. The van der Waals surface area contributed by atoms with Gasteiger partial charge >= 0.3 is 0 Å². The van der Waals surface area contributed by atoms with Crippen molar-refractivity contribution < 1.29 is 28.5 Å². The van der Waals surface area contributed by atoms with Crippen LogP contribution in [0.5, 0.6) is 5.75 Å². The first-order valence-corrected chi connectivity index (χ1v) is 14.3. The molecule has 2 N–H and O–H groups in total. The Morgan fingerprint density at radius 3 is 2.51 bits per heavy atom. The molecule has 0 saturated carbocycles. The molecule has 0 heterocycles. The first kappa shape index (κ1) is 34.0. The number of azide groups is 1. The number of carbonyl (C=O) groups is 1. The molecule has 0 radical (unpaired) electrons. The maximum absolute atomic E-state index is 13.5. The molecular weight excluding hydrogens is 527 g/mol. The second kappa shape index (κ2) is 18.3. The van der Waals surface area contributed by atoms with Crippen molar-refractivity contribution in [1.29, 1.82) is 0 Å². The van der Waals surface area contributed by atoms with Gasteiger partial charge in [0.2, 0.25) is 5.91 Å². The van der Waals surface area contributed by atoms with Gasteiger partial charge in [-0.05, 0) is 53.1 Å². The summed E-state index contributed by atoms with van der Waals surface area (Å²) in [6, 6.07) is 11.0. The Balaban J connectivity index is 2.07. The van der Waals surface area contributed by atoms with Gasteiger partial charge in [-0.3, -0.25) is 4.79 Å². The third-order valence-corrected chi connectivity index (χ3v) is 7.11. The van der Waals surface area contributed by atoms with Crippen molar-refractivity contribution in [1.82, 2.24) is 5.32 Å². The van der Waals surface area contributed by atoms with Crippen LogP contribution in [0.4, 0.5) is 4.39 Å². The standard InChI is InChI=1S/C31H45FN4O5/c1-6-22(4)18-34-31(38)27(21(2)3)17-29(37)28(35-36-33)20-40-19-23-8-13-26(24-9-11-25(32)12-10-24)30(16-23)41-15-7-14-39-5/h8-13,16,21-22,27-29,37H,6-7,14-15,17-20H2,1-5H3,(H,34,38)/t22-,27-,28-,29-/m0/s1. The zero-order valence-corrected chi connectivity index (χ0v) is 24.9. The minimum Gasteiger partial charge on any atom is -0.493 e. The minimum absolute atomic E-state index is 0.00357. The van der Waals surface area contributed by atoms with E-state index < -0.39 is 18.1 Å². The van der Waals surface area contributed by atoms with Gasteiger partial charge in [-0.1, -0.05) is 63.5 Å². The molecule has 1 amide bonds. The molecule has 0 bridgehead atoms. The number of nitrogens with one attached hydrogen (secondary N) is 1. The van der Waals surface area contributed by atoms with Crippen molar-refractivity contribution in [2.45, 2.75) is 65.7 Å². The van der Waals surface area contributed by atoms with Crippen molar-refractivity contribution in [2.24, 2.45) is 22.9 Å². The van der Waals surface area contributed by atoms with E-state index in [0.717, 1.165) is 23.1 Å². The second-order valence-corrected chi connectivity index (χ2v) is 10.7. The SMILES string of the molecule is CC[C@H](C)CNC(=O)[C@@H](C[C@H](O)[C@H](COCc1ccc(-c2ccc(F)cc2)c(OCCCOC)c1)N=[N+]=[N-])C(C)C. The van der Waals surface area contributed by atoms with Crippen LogP contribution in [0.3, 0.4) is 0 Å². The van der Waals surface area contributed by atoms with E-state index in [9.17, 15) is 14.3 Å². The van der Waals surface area contributed by atoms with Crippen LogP contribution < -0.4 is 10.1 Å². The highest BCUT2D eigenvalue weighted by molar-refractivity contribution is 5.79. The maximum Gasteiger partial charge on any atom is 0.223 e. The van der Waals surface area contributed by atoms with Crippen LogP contribution in [-0.2, 0) is 20.9 Å². The number of hydrogen-bond donors (Lipinski definition) is 2. The molecule has 9 nitrogen and oxygen atoms in total. The Bertz CT molecular complexity index is 1110. The zero-order chi connectivity index (χ0) is 30.2. The fourth-order valence-electron chi connectivity index (χ4n) is 4.26. The molecular formula is C31H45FN4O5. The Morgan fingerprint density at radius 1 is 1.15 bits per heavy atom. The Morgan fingerprint density at radius 2 is 1.88 bits per heavy atom. The molecule has 0 unspecified atom stereocenters. The van der Waals surface area contributed by atoms with Crippen molar-refractivity contribution in [3.63, 3.8) is 0 Å². The number of aliphatic hydroxyl groups excluding tert-OH is 1. The lowest BCUT2D eigenvalue weighted by atomic mass is 9.87. The average molecular weight is 573 g/mol. The highest BCUT2D eigenvalue weighted by Crippen LogP contribution is 2.32. The Hall–Kier alpha value is -3.17. The molecule has 41 heavy (non-hydrogen) atoms. The lowest BCUT2D eigenvalue weighted by Gasteiger charge is -2.26. The number of hydrogen-bond acceptors (Lipinski definition) is 6. The highest BCUT2D eigenvalue weighted by Gasteiger charge is 2.29. The molecule has 0 aliphatic heterocycles. The number of ether oxygens (including phenoxy) is 3. The number of amides is 1. The molecule has 0 aromatic heterocycles. The summed E-state index contributed by atoms with van der Waals surface area (Å²) in [7, 11) is 1.63. The normalized spacial score (nSPS) is 14.1. The molecule has 0 spiro atoms. The first-order chi connectivity index (χ1) is 19.7. The molecule has 0 saturated heterocycles. The number of rotatable bonds is 19. The van der Waals surface area contributed by atoms with E-state index in [4.69, 9.17) is 19.7 Å². The van der Waals surface area contributed by atoms with Gasteiger partial charge in [0.15, 0.2) is 0 Å². The van der Waals surface area contributed by atoms with Gasteiger partial charge in [0.1, 0.15) is 11.6 Å². The monoisotopic (exact) mass is 572 g/mol. The van der Waals surface area contributed by atoms with Crippen LogP contribution in [-0.4, -0.2) is 56.6 Å². The number of nitrogens with zero attached hydrogens (tertiary/aromatic N) is 3. The average Bonchev–Trinajstić information content (AvgIpc) is 2.96. The molecule has 2 rings (SSSR count). The van der Waals surface area contributed by atoms with E-state index in [1.54, 1.807) is 19.2 Å². The summed E-state index contributed by atoms with van der Waals surface area (Å²) in [4.78, 5) is 15.7. The molecule has 0 aliphatic rings. The van der Waals surface area contributed by atoms with Gasteiger partial charge in [-0.25, -0.2) is 4.39 Å². The lowest BCUT2D eigenvalue weighted by Crippen LogP contribution is -2.40. The summed E-state index contributed by atoms with van der Waals surface area (Å²) in [5.41, 5.74) is 11.6. The largest absolute Gasteiger partial charge is 0.493 e. The second-order valence-electron chi connectivity index (χ2n) is 10.7. The van der Waals surface area contributed by atoms with Crippen LogP contribution in [0.2, 0.25) is 0 Å². The smallest absolute Gasteiger partial charge is 0.223 e. The van der Waals surface area contributed by atoms with E-state index >= 15 is 0 Å². The van der Waals surface area contributed by atoms with Crippen molar-refractivity contribution in [3.05, 3.63) is 64.3 Å². The molecule has 2 aromatic rings. The molecule has 226 valence electrons. The lowest BCUT2D eigenvalue weighted by molar-refractivity contribution is -0.128. The van der Waals surface area contributed by atoms with Gasteiger partial charge in [-0.15, -0.1) is 0 Å². The van der Waals surface area contributed by atoms with E-state index in [-0.39, 0.29) is 37.3 Å². The summed E-state index contributed by atoms with van der Waals surface area (Å²) in [5, 5.41) is 17.7. The molecule has 0 aliphatic carbocycles. The van der Waals surface area contributed by atoms with Crippen molar-refractivity contribution >= 4 is 5.91 Å². The molecule has 10 heteroatoms. The van der Waals surface area contributed by atoms with Gasteiger partial charge < -0.3 is 24.6 Å². The Labute approximate surface area is 243 Å². The van der Waals surface area contributed by atoms with Crippen LogP contribution >= 0.6 is 0 Å². The van der Waals surface area contributed by atoms with Crippen LogP contribution in [0, 0.1) is 23.6 Å². The number of halogens is 1. The number of aliphatic hydroxyl groups is 1. The van der Waals surface area contributed by atoms with Crippen LogP contribution in [0.1, 0.15) is 52.5 Å². The topological polar surface area (TPSA) is 126 Å². The van der Waals surface area contributed by atoms with E-state index in [1.807, 2.05) is 32.0 Å². The number of benzene rings is 2. The minimum atomic E-state index is -1.05. The molecule has 0 fully saturated rings. The van der Waals surface area contributed by atoms with Gasteiger partial charge in [0.05, 0.1) is 32.0 Å². The van der Waals surface area contributed by atoms with Crippen LogP contribution in [0.25, 0.3) is 21.6 Å². The van der Waals surface area contributed by atoms with Gasteiger partial charge in [-0.2, -0.15) is 0 Å². The zero-order valence-electron chi connectivity index (χ0n) is 24.9. The van der Waals surface area contributed by atoms with E-state index in [1.165, 1.54) is 12.1 Å².